The van der Waals surface area contributed by atoms with Crippen molar-refractivity contribution in [1.82, 2.24) is 14.3 Å². The van der Waals surface area contributed by atoms with Crippen LogP contribution in [0.25, 0.3) is 11.4 Å². The third-order valence-corrected chi connectivity index (χ3v) is 5.74. The molecule has 0 atom stereocenters. The van der Waals surface area contributed by atoms with Gasteiger partial charge in [-0.2, -0.15) is 9.36 Å². The Morgan fingerprint density at radius 1 is 1.25 bits per heavy atom. The predicted molar refractivity (Wildman–Crippen MR) is 102 cm³/mol. The molecule has 3 N–H and O–H groups in total. The number of anilines is 1. The second-order valence-corrected chi connectivity index (χ2v) is 7.56. The fourth-order valence-corrected chi connectivity index (χ4v) is 3.95. The van der Waals surface area contributed by atoms with Crippen molar-refractivity contribution in [3.05, 3.63) is 59.4 Å². The summed E-state index contributed by atoms with van der Waals surface area (Å²) >= 11 is 1.07. The fourth-order valence-electron chi connectivity index (χ4n) is 3.38. The molecule has 3 aromatic rings. The second-order valence-electron chi connectivity index (χ2n) is 6.80. The summed E-state index contributed by atoms with van der Waals surface area (Å²) in [5.41, 5.74) is 5.62. The number of carbonyl (C=O) groups excluding carboxylic acids is 1. The second kappa shape index (κ2) is 7.23. The number of amides is 1. The molecule has 2 aromatic heterocycles. The third kappa shape index (κ3) is 3.33. The number of hydrogen-bond acceptors (Lipinski definition) is 6. The first-order valence-electron chi connectivity index (χ1n) is 8.77. The van der Waals surface area contributed by atoms with Crippen molar-refractivity contribution < 1.29 is 13.6 Å². The number of nitrogens with two attached hydrogens (primary N) is 1. The van der Waals surface area contributed by atoms with Gasteiger partial charge in [0.05, 0.1) is 11.3 Å². The van der Waals surface area contributed by atoms with E-state index in [4.69, 9.17) is 5.73 Å². The number of benzene rings is 1. The highest BCUT2D eigenvalue weighted by molar-refractivity contribution is 7.09. The quantitative estimate of drug-likeness (QED) is 0.659. The highest BCUT2D eigenvalue weighted by atomic mass is 32.1. The summed E-state index contributed by atoms with van der Waals surface area (Å²) in [5.74, 6) is -1.34. The summed E-state index contributed by atoms with van der Waals surface area (Å²) in [5, 5.41) is 3.67. The first-order valence-corrected chi connectivity index (χ1v) is 9.54. The van der Waals surface area contributed by atoms with E-state index in [1.54, 1.807) is 12.3 Å². The third-order valence-electron chi connectivity index (χ3n) is 5.07. The molecule has 0 bridgehead atoms. The van der Waals surface area contributed by atoms with Crippen LogP contribution in [0.3, 0.4) is 0 Å². The number of nitrogens with zero attached hydrogens (tertiary/aromatic N) is 3. The van der Waals surface area contributed by atoms with E-state index in [0.717, 1.165) is 36.9 Å². The smallest absolute Gasteiger partial charge is 0.248 e. The molecular formula is C19H17F2N5OS. The Morgan fingerprint density at radius 3 is 2.75 bits per heavy atom. The van der Waals surface area contributed by atoms with Crippen LogP contribution < -0.4 is 11.1 Å². The van der Waals surface area contributed by atoms with Crippen LogP contribution in [0, 0.1) is 11.6 Å². The molecule has 4 rings (SSSR count). The summed E-state index contributed by atoms with van der Waals surface area (Å²) in [7, 11) is 0. The van der Waals surface area contributed by atoms with E-state index in [1.165, 1.54) is 18.2 Å². The van der Waals surface area contributed by atoms with Crippen LogP contribution in [0.15, 0.2) is 36.5 Å². The van der Waals surface area contributed by atoms with Crippen LogP contribution in [0.4, 0.5) is 13.9 Å². The molecule has 9 heteroatoms. The molecule has 144 valence electrons. The number of nitrogens with one attached hydrogen (secondary N) is 1. The lowest BCUT2D eigenvalue weighted by Gasteiger charge is -2.41. The van der Waals surface area contributed by atoms with Crippen LogP contribution in [-0.4, -0.2) is 26.8 Å². The van der Waals surface area contributed by atoms with Crippen molar-refractivity contribution in [2.45, 2.75) is 24.7 Å². The fraction of sp³-hybridized carbons (Fsp3) is 0.263. The zero-order chi connectivity index (χ0) is 19.7. The maximum absolute atomic E-state index is 14.2. The van der Waals surface area contributed by atoms with Gasteiger partial charge in [-0.1, -0.05) is 6.42 Å². The molecule has 28 heavy (non-hydrogen) atoms. The molecule has 1 aliphatic rings. The maximum atomic E-state index is 14.2. The molecule has 0 unspecified atom stereocenters. The zero-order valence-electron chi connectivity index (χ0n) is 14.8. The number of primary amides is 1. The van der Waals surface area contributed by atoms with Gasteiger partial charge < -0.3 is 11.1 Å². The number of hydrogen-bond donors (Lipinski definition) is 2. The lowest BCUT2D eigenvalue weighted by atomic mass is 9.66. The molecule has 6 nitrogen and oxygen atoms in total. The van der Waals surface area contributed by atoms with Gasteiger partial charge in [0.25, 0.3) is 0 Å². The van der Waals surface area contributed by atoms with Gasteiger partial charge in [-0.25, -0.2) is 8.78 Å². The highest BCUT2D eigenvalue weighted by Crippen LogP contribution is 2.44. The topological polar surface area (TPSA) is 93.8 Å². The van der Waals surface area contributed by atoms with Crippen LogP contribution in [0.2, 0.25) is 0 Å². The molecule has 0 aliphatic heterocycles. The molecule has 1 amide bonds. The zero-order valence-corrected chi connectivity index (χ0v) is 15.6. The van der Waals surface area contributed by atoms with Crippen LogP contribution in [0.5, 0.6) is 0 Å². The first-order chi connectivity index (χ1) is 13.5. The summed E-state index contributed by atoms with van der Waals surface area (Å²) < 4.78 is 32.5. The average molecular weight is 401 g/mol. The number of halogens is 2. The van der Waals surface area contributed by atoms with Crippen molar-refractivity contribution in [1.29, 1.82) is 0 Å². The maximum Gasteiger partial charge on any atom is 0.248 e. The van der Waals surface area contributed by atoms with Gasteiger partial charge in [-0.3, -0.25) is 9.78 Å². The van der Waals surface area contributed by atoms with Crippen molar-refractivity contribution in [2.24, 2.45) is 5.73 Å². The first kappa shape index (κ1) is 18.4. The Morgan fingerprint density at radius 2 is 2.07 bits per heavy atom. The van der Waals surface area contributed by atoms with E-state index in [-0.39, 0.29) is 28.2 Å². The minimum Gasteiger partial charge on any atom is -0.366 e. The van der Waals surface area contributed by atoms with Crippen molar-refractivity contribution >= 4 is 22.6 Å². The molecule has 1 saturated carbocycles. The lowest BCUT2D eigenvalue weighted by molar-refractivity contribution is 0.100. The van der Waals surface area contributed by atoms with Crippen molar-refractivity contribution in [3.63, 3.8) is 0 Å². The van der Waals surface area contributed by atoms with E-state index in [1.807, 2.05) is 0 Å². The van der Waals surface area contributed by atoms with E-state index in [9.17, 15) is 13.6 Å². The molecular weight excluding hydrogens is 384 g/mol. The molecule has 0 spiro atoms. The summed E-state index contributed by atoms with van der Waals surface area (Å²) in [6, 6.07) is 6.80. The number of aromatic nitrogens is 3. The van der Waals surface area contributed by atoms with Crippen molar-refractivity contribution in [2.75, 3.05) is 11.9 Å². The highest BCUT2D eigenvalue weighted by Gasteiger charge is 2.42. The van der Waals surface area contributed by atoms with Gasteiger partial charge in [0.2, 0.25) is 11.0 Å². The molecule has 2 heterocycles. The van der Waals surface area contributed by atoms with Crippen molar-refractivity contribution in [3.8, 4) is 11.4 Å². The molecule has 0 saturated heterocycles. The molecule has 0 radical (unpaired) electrons. The minimum atomic E-state index is -0.654. The Bertz CT molecular complexity index is 1030. The number of rotatable bonds is 6. The van der Waals surface area contributed by atoms with Gasteiger partial charge in [-0.05, 0) is 43.2 Å². The Kier molecular flexibility index (Phi) is 4.76. The van der Waals surface area contributed by atoms with Gasteiger partial charge in [0.1, 0.15) is 11.6 Å². The van der Waals surface area contributed by atoms with Gasteiger partial charge in [-0.15, -0.1) is 0 Å². The van der Waals surface area contributed by atoms with E-state index in [2.05, 4.69) is 19.7 Å². The van der Waals surface area contributed by atoms with Gasteiger partial charge in [0.15, 0.2) is 5.82 Å². The molecule has 1 aromatic carbocycles. The summed E-state index contributed by atoms with van der Waals surface area (Å²) in [6.45, 7) is 0.458. The Balaban J connectivity index is 1.54. The lowest BCUT2D eigenvalue weighted by Crippen LogP contribution is -2.42. The van der Waals surface area contributed by atoms with Gasteiger partial charge in [0, 0.05) is 35.3 Å². The van der Waals surface area contributed by atoms with Crippen LogP contribution >= 0.6 is 11.5 Å². The summed E-state index contributed by atoms with van der Waals surface area (Å²) in [4.78, 5) is 19.9. The SMILES string of the molecule is NC(=O)c1ccc(F)c(-c2nsc(NCC3(c4ncccc4F)CCC3)n2)c1. The molecule has 1 fully saturated rings. The van der Waals surface area contributed by atoms with Crippen LogP contribution in [0.1, 0.15) is 35.3 Å². The monoisotopic (exact) mass is 401 g/mol. The minimum absolute atomic E-state index is 0.106. The predicted octanol–water partition coefficient (Wildman–Crippen LogP) is 3.51. The molecule has 1 aliphatic carbocycles. The van der Waals surface area contributed by atoms with E-state index < -0.39 is 11.7 Å². The number of carbonyl (C=O) groups is 1. The standard InChI is InChI=1S/C19H17F2N5OS/c20-13-5-4-11(16(22)27)9-12(13)17-25-18(28-26-17)24-10-19(6-2-7-19)15-14(21)3-1-8-23-15/h1,3-5,8-9H,2,6-7,10H2,(H2,22,27)(H,24,25,26). The Hall–Kier alpha value is -2.94. The van der Waals surface area contributed by atoms with Gasteiger partial charge >= 0.3 is 0 Å². The van der Waals surface area contributed by atoms with E-state index >= 15 is 0 Å². The van der Waals surface area contributed by atoms with E-state index in [0.29, 0.717) is 17.4 Å². The normalized spacial score (nSPS) is 15.1. The summed E-state index contributed by atoms with van der Waals surface area (Å²) in [6.07, 6.45) is 4.25. The largest absolute Gasteiger partial charge is 0.366 e. The van der Waals surface area contributed by atoms with Crippen LogP contribution in [-0.2, 0) is 5.41 Å². The Labute approximate surface area is 164 Å². The average Bonchev–Trinajstić information content (AvgIpc) is 3.11. The number of pyridine rings is 1.